The van der Waals surface area contributed by atoms with E-state index in [1.54, 1.807) is 24.4 Å². The van der Waals surface area contributed by atoms with E-state index < -0.39 is 16.1 Å². The van der Waals surface area contributed by atoms with Crippen LogP contribution < -0.4 is 14.2 Å². The van der Waals surface area contributed by atoms with Crippen molar-refractivity contribution in [2.75, 3.05) is 13.2 Å². The Bertz CT molecular complexity index is 1350. The van der Waals surface area contributed by atoms with Crippen LogP contribution >= 0.6 is 11.6 Å². The smallest absolute Gasteiger partial charge is 0.241 e. The largest absolute Gasteiger partial charge is 0.490 e. The summed E-state index contributed by atoms with van der Waals surface area (Å²) in [5.74, 6) is 1.33. The van der Waals surface area contributed by atoms with Gasteiger partial charge in [-0.15, -0.1) is 0 Å². The molecule has 1 aliphatic rings. The molecule has 0 radical (unpaired) electrons. The molecule has 2 aromatic heterocycles. The maximum atomic E-state index is 13.4. The summed E-state index contributed by atoms with van der Waals surface area (Å²) in [7, 11) is -3.98. The first-order valence-corrected chi connectivity index (χ1v) is 11.9. The van der Waals surface area contributed by atoms with E-state index in [9.17, 15) is 8.42 Å². The van der Waals surface area contributed by atoms with E-state index in [0.717, 1.165) is 11.8 Å². The monoisotopic (exact) mass is 470 g/mol. The van der Waals surface area contributed by atoms with Crippen molar-refractivity contribution < 1.29 is 22.3 Å². The van der Waals surface area contributed by atoms with Crippen molar-refractivity contribution in [1.29, 1.82) is 0 Å². The molecule has 3 heterocycles. The van der Waals surface area contributed by atoms with Gasteiger partial charge >= 0.3 is 0 Å². The van der Waals surface area contributed by atoms with Gasteiger partial charge in [-0.3, -0.25) is 4.98 Å². The van der Waals surface area contributed by atoms with Crippen molar-refractivity contribution >= 4 is 32.6 Å². The molecular weight excluding hydrogens is 452 g/mol. The first-order valence-electron chi connectivity index (χ1n) is 10.0. The zero-order valence-corrected chi connectivity index (χ0v) is 18.4. The molecule has 4 aromatic rings. The molecule has 7 nitrogen and oxygen atoms in total. The number of rotatable bonds is 5. The van der Waals surface area contributed by atoms with Crippen LogP contribution in [-0.2, 0) is 10.0 Å². The summed E-state index contributed by atoms with van der Waals surface area (Å²) < 4.78 is 46.7. The number of hydrogen-bond donors (Lipinski definition) is 1. The number of para-hydroxylation sites is 1. The number of hydrogen-bond acceptors (Lipinski definition) is 6. The molecule has 0 unspecified atom stereocenters. The van der Waals surface area contributed by atoms with Crippen molar-refractivity contribution in [2.24, 2.45) is 0 Å². The van der Waals surface area contributed by atoms with E-state index >= 15 is 0 Å². The third-order valence-electron chi connectivity index (χ3n) is 5.15. The Morgan fingerprint density at radius 2 is 1.81 bits per heavy atom. The molecule has 164 valence electrons. The summed E-state index contributed by atoms with van der Waals surface area (Å²) >= 11 is 6.38. The van der Waals surface area contributed by atoms with Crippen LogP contribution in [-0.4, -0.2) is 26.6 Å². The maximum Gasteiger partial charge on any atom is 0.241 e. The molecule has 0 bridgehead atoms. The van der Waals surface area contributed by atoms with E-state index in [1.807, 2.05) is 24.3 Å². The van der Waals surface area contributed by atoms with Crippen LogP contribution in [0.4, 0.5) is 0 Å². The van der Waals surface area contributed by atoms with Gasteiger partial charge < -0.3 is 13.9 Å². The Labute approximate surface area is 190 Å². The van der Waals surface area contributed by atoms with E-state index in [1.165, 1.54) is 18.3 Å². The molecule has 1 aliphatic heterocycles. The third kappa shape index (κ3) is 4.04. The Hall–Kier alpha value is -3.07. The number of nitrogens with zero attached hydrogens (tertiary/aromatic N) is 1. The molecule has 0 spiro atoms. The van der Waals surface area contributed by atoms with Crippen LogP contribution in [0.15, 0.2) is 76.3 Å². The average molecular weight is 471 g/mol. The van der Waals surface area contributed by atoms with E-state index in [4.69, 9.17) is 25.5 Å². The lowest BCUT2D eigenvalue weighted by Crippen LogP contribution is -2.29. The van der Waals surface area contributed by atoms with Crippen molar-refractivity contribution in [3.8, 4) is 11.5 Å². The Kier molecular flexibility index (Phi) is 5.50. The molecule has 0 amide bonds. The van der Waals surface area contributed by atoms with Gasteiger partial charge in [0.25, 0.3) is 0 Å². The molecular formula is C23H19ClN2O5S. The van der Waals surface area contributed by atoms with E-state index in [2.05, 4.69) is 9.71 Å². The lowest BCUT2D eigenvalue weighted by atomic mass is 10.1. The number of aromatic nitrogens is 1. The molecule has 0 saturated heterocycles. The van der Waals surface area contributed by atoms with Gasteiger partial charge in [0.15, 0.2) is 11.5 Å². The van der Waals surface area contributed by atoms with Crippen LogP contribution in [0.3, 0.4) is 0 Å². The highest BCUT2D eigenvalue weighted by Gasteiger charge is 2.28. The molecule has 2 aromatic carbocycles. The predicted molar refractivity (Wildman–Crippen MR) is 120 cm³/mol. The number of ether oxygens (including phenoxy) is 2. The minimum atomic E-state index is -3.98. The number of nitrogens with one attached hydrogen (secondary N) is 1. The van der Waals surface area contributed by atoms with Gasteiger partial charge in [0.2, 0.25) is 10.0 Å². The van der Waals surface area contributed by atoms with Crippen LogP contribution in [0, 0.1) is 0 Å². The summed E-state index contributed by atoms with van der Waals surface area (Å²) in [4.78, 5) is 4.05. The fourth-order valence-electron chi connectivity index (χ4n) is 3.57. The number of fused-ring (bicyclic) bond motifs is 2. The fourth-order valence-corrected chi connectivity index (χ4v) is 5.00. The van der Waals surface area contributed by atoms with Gasteiger partial charge in [-0.25, -0.2) is 8.42 Å². The Morgan fingerprint density at radius 3 is 2.62 bits per heavy atom. The second-order valence-electron chi connectivity index (χ2n) is 7.30. The minimum Gasteiger partial charge on any atom is -0.490 e. The summed E-state index contributed by atoms with van der Waals surface area (Å²) in [5.41, 5.74) is 1.17. The standard InChI is InChI=1S/C23H19ClN2O5S/c24-18-14-25-9-8-17(18)23(22-12-15-4-1-2-5-19(15)31-22)26-32(27,28)16-6-7-20-21(13-16)30-11-3-10-29-20/h1-2,4-9,12-14,23,26H,3,10-11H2/t23-/m0/s1. The maximum absolute atomic E-state index is 13.4. The lowest BCUT2D eigenvalue weighted by molar-refractivity contribution is 0.297. The topological polar surface area (TPSA) is 90.7 Å². The zero-order valence-electron chi connectivity index (χ0n) is 16.8. The quantitative estimate of drug-likeness (QED) is 0.454. The van der Waals surface area contributed by atoms with Gasteiger partial charge in [0, 0.05) is 30.3 Å². The van der Waals surface area contributed by atoms with Crippen molar-refractivity contribution in [2.45, 2.75) is 17.4 Å². The summed E-state index contributed by atoms with van der Waals surface area (Å²) in [6.45, 7) is 0.976. The zero-order chi connectivity index (χ0) is 22.1. The van der Waals surface area contributed by atoms with Crippen molar-refractivity contribution in [1.82, 2.24) is 9.71 Å². The molecule has 0 aliphatic carbocycles. The van der Waals surface area contributed by atoms with Crippen LogP contribution in [0.1, 0.15) is 23.8 Å². The fraction of sp³-hybridized carbons (Fsp3) is 0.174. The highest BCUT2D eigenvalue weighted by atomic mass is 35.5. The first kappa shape index (κ1) is 20.8. The summed E-state index contributed by atoms with van der Waals surface area (Å²) in [6.07, 6.45) is 3.75. The van der Waals surface area contributed by atoms with Crippen LogP contribution in [0.2, 0.25) is 5.02 Å². The Morgan fingerprint density at radius 1 is 1.00 bits per heavy atom. The van der Waals surface area contributed by atoms with Crippen LogP contribution in [0.5, 0.6) is 11.5 Å². The van der Waals surface area contributed by atoms with Gasteiger partial charge in [-0.2, -0.15) is 4.72 Å². The predicted octanol–water partition coefficient (Wildman–Crippen LogP) is 4.71. The van der Waals surface area contributed by atoms with Crippen molar-refractivity contribution in [3.63, 3.8) is 0 Å². The summed E-state index contributed by atoms with van der Waals surface area (Å²) in [6, 6.07) is 14.6. The highest BCUT2D eigenvalue weighted by Crippen LogP contribution is 2.35. The van der Waals surface area contributed by atoms with Gasteiger partial charge in [0.05, 0.1) is 23.1 Å². The normalized spacial score (nSPS) is 14.8. The molecule has 5 rings (SSSR count). The molecule has 9 heteroatoms. The molecule has 1 N–H and O–H groups in total. The molecule has 32 heavy (non-hydrogen) atoms. The second kappa shape index (κ2) is 8.46. The van der Waals surface area contributed by atoms with Gasteiger partial charge in [-0.1, -0.05) is 29.8 Å². The Balaban J connectivity index is 1.56. The lowest BCUT2D eigenvalue weighted by Gasteiger charge is -2.19. The molecule has 0 saturated carbocycles. The number of pyridine rings is 1. The van der Waals surface area contributed by atoms with E-state index in [-0.39, 0.29) is 4.90 Å². The molecule has 0 fully saturated rings. The van der Waals surface area contributed by atoms with Gasteiger partial charge in [-0.05, 0) is 35.9 Å². The number of benzene rings is 2. The second-order valence-corrected chi connectivity index (χ2v) is 9.42. The third-order valence-corrected chi connectivity index (χ3v) is 6.88. The highest BCUT2D eigenvalue weighted by molar-refractivity contribution is 7.89. The number of sulfonamides is 1. The number of furan rings is 1. The first-order chi connectivity index (χ1) is 15.5. The number of halogens is 1. The van der Waals surface area contributed by atoms with Crippen molar-refractivity contribution in [3.05, 3.63) is 83.3 Å². The summed E-state index contributed by atoms with van der Waals surface area (Å²) in [5, 5.41) is 1.17. The average Bonchev–Trinajstić information content (AvgIpc) is 3.08. The molecule has 1 atom stereocenters. The van der Waals surface area contributed by atoms with Crippen LogP contribution in [0.25, 0.3) is 11.0 Å². The minimum absolute atomic E-state index is 0.0491. The SMILES string of the molecule is O=S(=O)(N[C@H](c1cc2ccccc2o1)c1ccncc1Cl)c1ccc2c(c1)OCCCO2. The van der Waals surface area contributed by atoms with E-state index in [0.29, 0.717) is 46.6 Å². The van der Waals surface area contributed by atoms with Gasteiger partial charge in [0.1, 0.15) is 17.4 Å².